The van der Waals surface area contributed by atoms with Gasteiger partial charge in [-0.15, -0.1) is 0 Å². The highest BCUT2D eigenvalue weighted by atomic mass is 16.6. The Morgan fingerprint density at radius 1 is 0.263 bits per heavy atom. The molecule has 1 atom stereocenters. The zero-order valence-corrected chi connectivity index (χ0v) is 51.8. The SMILES string of the molecule is CC/C=C\C/C=C\C/C=C\C/C=C\C/C=C\C/C=C\C/C=C\CCCCCCCC(=O)OCC(COC(=O)CCCCCCCCCC)OC(=O)CCCCCCCCCCCCC/C=C\C/C=C\C/C=C\C/C=C\C/C=C\CC. The average molecular weight is 1110 g/mol. The predicted molar refractivity (Wildman–Crippen MR) is 348 cm³/mol. The minimum Gasteiger partial charge on any atom is -0.462 e. The van der Waals surface area contributed by atoms with E-state index in [9.17, 15) is 14.4 Å². The molecule has 0 N–H and O–H groups in total. The molecule has 6 nitrogen and oxygen atoms in total. The molecule has 0 rings (SSSR count). The van der Waals surface area contributed by atoms with Crippen LogP contribution in [0.5, 0.6) is 0 Å². The van der Waals surface area contributed by atoms with Crippen molar-refractivity contribution in [3.63, 3.8) is 0 Å². The highest BCUT2D eigenvalue weighted by Crippen LogP contribution is 2.15. The first-order valence-corrected chi connectivity index (χ1v) is 32.8. The van der Waals surface area contributed by atoms with Gasteiger partial charge in [-0.3, -0.25) is 14.4 Å². The van der Waals surface area contributed by atoms with Crippen LogP contribution in [-0.2, 0) is 28.6 Å². The zero-order valence-electron chi connectivity index (χ0n) is 51.8. The number of ether oxygens (including phenoxy) is 3. The molecule has 0 aromatic carbocycles. The molecule has 0 fully saturated rings. The standard InChI is InChI=1S/C74H120O6/c1-4-7-10-13-16-19-21-23-25-27-29-31-33-35-37-39-41-43-45-47-49-51-53-55-58-61-64-67-73(76)79-70-71(69-78-72(75)66-63-60-57-18-15-12-9-6-3)80-74(77)68-65-62-59-56-54-52-50-48-46-44-42-40-38-36-34-32-30-28-26-24-22-20-17-14-11-8-5-2/h7-8,10-11,16-17,19-20,23-26,29-32,35-38,41,43,47,49,71H,4-6,9,12-15,18,21-22,27-28,33-34,39-40,42,44-46,48,50-70H2,1-3H3/b10-7-,11-8-,19-16-,20-17-,25-23-,26-24-,31-29-,32-30-,37-35-,38-36-,43-41-,49-47-. The van der Waals surface area contributed by atoms with Crippen LogP contribution in [0.4, 0.5) is 0 Å². The van der Waals surface area contributed by atoms with E-state index in [0.29, 0.717) is 19.3 Å². The van der Waals surface area contributed by atoms with Crippen LogP contribution in [0, 0.1) is 0 Å². The maximum atomic E-state index is 12.9. The summed E-state index contributed by atoms with van der Waals surface area (Å²) in [5.41, 5.74) is 0. The van der Waals surface area contributed by atoms with Gasteiger partial charge < -0.3 is 14.2 Å². The normalized spacial score (nSPS) is 13.1. The van der Waals surface area contributed by atoms with Gasteiger partial charge in [-0.2, -0.15) is 0 Å². The van der Waals surface area contributed by atoms with Crippen LogP contribution in [0.25, 0.3) is 0 Å². The molecule has 0 aromatic heterocycles. The molecular weight excluding hydrogens is 985 g/mol. The van der Waals surface area contributed by atoms with E-state index in [1.165, 1.54) is 89.9 Å². The Balaban J connectivity index is 4.25. The summed E-state index contributed by atoms with van der Waals surface area (Å²) in [7, 11) is 0. The van der Waals surface area contributed by atoms with Gasteiger partial charge in [0.2, 0.25) is 0 Å². The van der Waals surface area contributed by atoms with E-state index in [1.54, 1.807) is 0 Å². The molecule has 6 heteroatoms. The topological polar surface area (TPSA) is 78.9 Å². The molecule has 0 spiro atoms. The van der Waals surface area contributed by atoms with Crippen molar-refractivity contribution >= 4 is 17.9 Å². The van der Waals surface area contributed by atoms with E-state index in [-0.39, 0.29) is 31.1 Å². The van der Waals surface area contributed by atoms with Crippen molar-refractivity contribution in [2.75, 3.05) is 13.2 Å². The highest BCUT2D eigenvalue weighted by Gasteiger charge is 2.19. The summed E-state index contributed by atoms with van der Waals surface area (Å²) in [6.45, 7) is 6.37. The molecule has 0 bridgehead atoms. The molecule has 0 radical (unpaired) electrons. The Morgan fingerprint density at radius 2 is 0.487 bits per heavy atom. The van der Waals surface area contributed by atoms with E-state index < -0.39 is 6.10 Å². The Labute approximate surface area is 493 Å². The van der Waals surface area contributed by atoms with E-state index in [2.05, 4.69) is 167 Å². The molecule has 0 heterocycles. The Hall–Kier alpha value is -4.71. The summed E-state index contributed by atoms with van der Waals surface area (Å²) in [5, 5.41) is 0. The van der Waals surface area contributed by atoms with Crippen molar-refractivity contribution in [1.82, 2.24) is 0 Å². The number of allylic oxidation sites excluding steroid dienone is 24. The third-order valence-electron chi connectivity index (χ3n) is 13.6. The van der Waals surface area contributed by atoms with Gasteiger partial charge in [-0.1, -0.05) is 289 Å². The van der Waals surface area contributed by atoms with Gasteiger partial charge in [-0.05, 0) is 122 Å². The summed E-state index contributed by atoms with van der Waals surface area (Å²) in [6.07, 6.45) is 95.8. The lowest BCUT2D eigenvalue weighted by atomic mass is 10.0. The third kappa shape index (κ3) is 64.1. The van der Waals surface area contributed by atoms with Crippen molar-refractivity contribution in [3.05, 3.63) is 146 Å². The lowest BCUT2D eigenvalue weighted by molar-refractivity contribution is -0.167. The molecule has 0 aromatic rings. The second kappa shape index (κ2) is 66.8. The predicted octanol–water partition coefficient (Wildman–Crippen LogP) is 22.7. The number of rotatable bonds is 58. The number of carbonyl (C=O) groups is 3. The summed E-state index contributed by atoms with van der Waals surface area (Å²) in [5.74, 6) is -0.915. The second-order valence-corrected chi connectivity index (χ2v) is 21.3. The molecule has 0 aliphatic carbocycles. The molecule has 0 aliphatic rings. The summed E-state index contributed by atoms with van der Waals surface area (Å²) < 4.78 is 16.9. The van der Waals surface area contributed by atoms with Crippen LogP contribution in [-0.4, -0.2) is 37.2 Å². The van der Waals surface area contributed by atoms with Gasteiger partial charge in [0.15, 0.2) is 6.10 Å². The first-order chi connectivity index (χ1) is 39.5. The first kappa shape index (κ1) is 75.3. The molecule has 0 aliphatic heterocycles. The average Bonchev–Trinajstić information content (AvgIpc) is 3.46. The number of hydrogen-bond acceptors (Lipinski definition) is 6. The monoisotopic (exact) mass is 1100 g/mol. The van der Waals surface area contributed by atoms with Crippen LogP contribution >= 0.6 is 0 Å². The van der Waals surface area contributed by atoms with Crippen molar-refractivity contribution in [3.8, 4) is 0 Å². The Kier molecular flexibility index (Phi) is 62.9. The minimum atomic E-state index is -0.792. The fourth-order valence-electron chi connectivity index (χ4n) is 8.74. The highest BCUT2D eigenvalue weighted by molar-refractivity contribution is 5.71. The number of esters is 3. The Bertz CT molecular complexity index is 1750. The molecular formula is C74H120O6. The van der Waals surface area contributed by atoms with Crippen LogP contribution in [0.2, 0.25) is 0 Å². The molecule has 0 amide bonds. The fourth-order valence-corrected chi connectivity index (χ4v) is 8.74. The number of carbonyl (C=O) groups excluding carboxylic acids is 3. The smallest absolute Gasteiger partial charge is 0.306 e. The van der Waals surface area contributed by atoms with Crippen molar-refractivity contribution < 1.29 is 28.6 Å². The van der Waals surface area contributed by atoms with Gasteiger partial charge in [0.25, 0.3) is 0 Å². The third-order valence-corrected chi connectivity index (χ3v) is 13.6. The van der Waals surface area contributed by atoms with Gasteiger partial charge in [-0.25, -0.2) is 0 Å². The fraction of sp³-hybridized carbons (Fsp3) is 0.635. The molecule has 452 valence electrons. The van der Waals surface area contributed by atoms with E-state index in [4.69, 9.17) is 14.2 Å². The van der Waals surface area contributed by atoms with E-state index in [1.807, 2.05) is 0 Å². The number of unbranched alkanes of at least 4 members (excludes halogenated alkanes) is 23. The van der Waals surface area contributed by atoms with Crippen molar-refractivity contribution in [2.45, 2.75) is 290 Å². The van der Waals surface area contributed by atoms with Crippen LogP contribution in [0.1, 0.15) is 284 Å². The molecule has 0 saturated carbocycles. The lowest BCUT2D eigenvalue weighted by Crippen LogP contribution is -2.30. The van der Waals surface area contributed by atoms with Gasteiger partial charge >= 0.3 is 17.9 Å². The van der Waals surface area contributed by atoms with Gasteiger partial charge in [0.1, 0.15) is 13.2 Å². The summed E-state index contributed by atoms with van der Waals surface area (Å²) in [6, 6.07) is 0. The minimum absolute atomic E-state index is 0.0883. The van der Waals surface area contributed by atoms with Crippen LogP contribution in [0.3, 0.4) is 0 Å². The van der Waals surface area contributed by atoms with Gasteiger partial charge in [0.05, 0.1) is 0 Å². The van der Waals surface area contributed by atoms with E-state index in [0.717, 1.165) is 154 Å². The van der Waals surface area contributed by atoms with Crippen LogP contribution in [0.15, 0.2) is 146 Å². The second-order valence-electron chi connectivity index (χ2n) is 21.3. The van der Waals surface area contributed by atoms with Crippen LogP contribution < -0.4 is 0 Å². The molecule has 0 saturated heterocycles. The largest absolute Gasteiger partial charge is 0.462 e. The van der Waals surface area contributed by atoms with Crippen molar-refractivity contribution in [2.24, 2.45) is 0 Å². The Morgan fingerprint density at radius 3 is 0.762 bits per heavy atom. The first-order valence-electron chi connectivity index (χ1n) is 32.8. The molecule has 1 unspecified atom stereocenters. The number of hydrogen-bond donors (Lipinski definition) is 0. The zero-order chi connectivity index (χ0) is 57.8. The van der Waals surface area contributed by atoms with Crippen molar-refractivity contribution in [1.29, 1.82) is 0 Å². The molecule has 80 heavy (non-hydrogen) atoms. The summed E-state index contributed by atoms with van der Waals surface area (Å²) >= 11 is 0. The lowest BCUT2D eigenvalue weighted by Gasteiger charge is -2.18. The van der Waals surface area contributed by atoms with Gasteiger partial charge in [0, 0.05) is 19.3 Å². The maximum Gasteiger partial charge on any atom is 0.306 e. The summed E-state index contributed by atoms with van der Waals surface area (Å²) in [4.78, 5) is 38.2. The van der Waals surface area contributed by atoms with E-state index >= 15 is 0 Å². The maximum absolute atomic E-state index is 12.9. The quantitative estimate of drug-likeness (QED) is 0.0261.